The number of hydrogen-bond donors (Lipinski definition) is 0. The molecule has 0 saturated carbocycles. The zero-order chi connectivity index (χ0) is 17.6. The molecule has 8 nitrogen and oxygen atoms in total. The molecule has 0 spiro atoms. The average Bonchev–Trinajstić information content (AvgIpc) is 2.56. The Morgan fingerprint density at radius 1 is 0.917 bits per heavy atom. The maximum atomic E-state index is 14.2. The van der Waals surface area contributed by atoms with Crippen molar-refractivity contribution in [1.82, 2.24) is 5.90 Å². The Balaban J connectivity index is 2.66. The normalized spacial score (nSPS) is 10.8. The molecule has 1 aromatic carbocycles. The molecule has 1 rings (SSSR count). The van der Waals surface area contributed by atoms with Gasteiger partial charge in [0.1, 0.15) is 0 Å². The van der Waals surface area contributed by atoms with Crippen molar-refractivity contribution in [3.8, 4) is 11.5 Å². The van der Waals surface area contributed by atoms with Gasteiger partial charge in [-0.1, -0.05) is 0 Å². The van der Waals surface area contributed by atoms with Crippen LogP contribution in [0.2, 0.25) is 0 Å². The van der Waals surface area contributed by atoms with Crippen molar-refractivity contribution in [3.63, 3.8) is 0 Å². The summed E-state index contributed by atoms with van der Waals surface area (Å²) in [5.41, 5.74) is 0.370. The van der Waals surface area contributed by atoms with Gasteiger partial charge >= 0.3 is 0 Å². The van der Waals surface area contributed by atoms with Crippen molar-refractivity contribution in [2.24, 2.45) is 0 Å². The molecule has 0 aliphatic rings. The zero-order valence-corrected chi connectivity index (χ0v) is 13.8. The van der Waals surface area contributed by atoms with Gasteiger partial charge in [-0.3, -0.25) is 4.84 Å². The topological polar surface area (TPSA) is 86.9 Å². The van der Waals surface area contributed by atoms with Gasteiger partial charge < -0.3 is 28.4 Å². The molecular weight excluding hydrogens is 325 g/mol. The van der Waals surface area contributed by atoms with Crippen molar-refractivity contribution in [3.05, 3.63) is 23.5 Å². The first-order chi connectivity index (χ1) is 11.7. The van der Waals surface area contributed by atoms with Crippen LogP contribution in [-0.4, -0.2) is 54.2 Å². The second-order valence-corrected chi connectivity index (χ2v) is 4.50. The molecule has 24 heavy (non-hydrogen) atoms. The number of benzene rings is 1. The highest BCUT2D eigenvalue weighted by molar-refractivity contribution is 5.44. The van der Waals surface area contributed by atoms with Crippen LogP contribution in [0.3, 0.4) is 0 Å². The number of hydrogen-bond acceptors (Lipinski definition) is 7. The van der Waals surface area contributed by atoms with E-state index in [4.69, 9.17) is 34.3 Å². The van der Waals surface area contributed by atoms with Crippen molar-refractivity contribution < 1.29 is 37.6 Å². The Morgan fingerprint density at radius 3 is 2.12 bits per heavy atom. The monoisotopic (exact) mass is 347 g/mol. The van der Waals surface area contributed by atoms with Crippen LogP contribution in [0.15, 0.2) is 12.1 Å². The van der Waals surface area contributed by atoms with Gasteiger partial charge in [0.05, 0.1) is 33.0 Å². The second kappa shape index (κ2) is 12.9. The molecule has 0 unspecified atom stereocenters. The van der Waals surface area contributed by atoms with Crippen LogP contribution >= 0.6 is 0 Å². The van der Waals surface area contributed by atoms with E-state index in [0.717, 1.165) is 0 Å². The van der Waals surface area contributed by atoms with E-state index in [2.05, 4.69) is 4.84 Å². The van der Waals surface area contributed by atoms with Crippen LogP contribution < -0.4 is 15.4 Å². The van der Waals surface area contributed by atoms with Crippen LogP contribution in [0.25, 0.3) is 0 Å². The highest BCUT2D eigenvalue weighted by Gasteiger charge is 2.15. The van der Waals surface area contributed by atoms with Crippen LogP contribution in [0.1, 0.15) is 5.56 Å². The minimum Gasteiger partial charge on any atom is -0.464 e. The molecule has 0 heterocycles. The van der Waals surface area contributed by atoms with Crippen LogP contribution in [-0.2, 0) is 30.4 Å². The number of rotatable bonds is 14. The summed E-state index contributed by atoms with van der Waals surface area (Å²) in [5, 5.41) is 0. The average molecular weight is 347 g/mol. The van der Waals surface area contributed by atoms with Gasteiger partial charge in [0, 0.05) is 20.1 Å². The molecule has 9 heteroatoms. The van der Waals surface area contributed by atoms with Gasteiger partial charge in [-0.05, 0) is 17.7 Å². The Kier molecular flexibility index (Phi) is 11.0. The standard InChI is InChI=1S/C15H22FNO7/c1-18-3-5-20-10-22-14-8-12(9-24-17)7-13(16)15(14)23-11-21-6-4-19-2/h7-8H,3-6,9-11H2,1-2H3. The molecule has 0 aromatic heterocycles. The fraction of sp³-hybridized carbons (Fsp3) is 0.600. The minimum absolute atomic E-state index is 0.106. The van der Waals surface area contributed by atoms with Crippen molar-refractivity contribution in [1.29, 1.82) is 0 Å². The molecule has 0 aliphatic heterocycles. The van der Waals surface area contributed by atoms with E-state index in [9.17, 15) is 4.39 Å². The van der Waals surface area contributed by atoms with Crippen molar-refractivity contribution in [2.75, 3.05) is 54.2 Å². The lowest BCUT2D eigenvalue weighted by molar-refractivity contribution is -0.0221. The summed E-state index contributed by atoms with van der Waals surface area (Å²) in [6.45, 7) is 0.967. The summed E-state index contributed by atoms with van der Waals surface area (Å²) in [6.07, 6.45) is 0. The van der Waals surface area contributed by atoms with E-state index in [1.54, 1.807) is 14.2 Å². The third-order valence-corrected chi connectivity index (χ3v) is 2.75. The van der Waals surface area contributed by atoms with E-state index in [0.29, 0.717) is 32.0 Å². The Morgan fingerprint density at radius 2 is 1.54 bits per heavy atom. The van der Waals surface area contributed by atoms with E-state index in [-0.39, 0.29) is 31.7 Å². The molecule has 136 valence electrons. The van der Waals surface area contributed by atoms with Gasteiger partial charge in [0.2, 0.25) is 0 Å². The molecule has 0 atom stereocenters. The van der Waals surface area contributed by atoms with Gasteiger partial charge in [-0.25, -0.2) is 4.39 Å². The third kappa shape index (κ3) is 7.86. The summed E-state index contributed by atoms with van der Waals surface area (Å²) in [4.78, 5) is 4.01. The molecule has 0 aliphatic carbocycles. The lowest BCUT2D eigenvalue weighted by Gasteiger charge is -2.15. The molecule has 0 bridgehead atoms. The Labute approximate surface area is 140 Å². The molecular formula is C15H22FNO7. The van der Waals surface area contributed by atoms with Gasteiger partial charge in [0.15, 0.2) is 30.9 Å². The first-order valence-corrected chi connectivity index (χ1v) is 7.20. The van der Waals surface area contributed by atoms with E-state index in [1.807, 2.05) is 0 Å². The molecule has 2 radical (unpaired) electrons. The van der Waals surface area contributed by atoms with Crippen LogP contribution in [0.4, 0.5) is 4.39 Å². The summed E-state index contributed by atoms with van der Waals surface area (Å²) in [5.74, 6) is 7.81. The lowest BCUT2D eigenvalue weighted by atomic mass is 10.2. The van der Waals surface area contributed by atoms with E-state index < -0.39 is 5.82 Å². The summed E-state index contributed by atoms with van der Waals surface area (Å²) < 4.78 is 44.8. The van der Waals surface area contributed by atoms with Crippen molar-refractivity contribution >= 4 is 0 Å². The molecule has 0 amide bonds. The van der Waals surface area contributed by atoms with Gasteiger partial charge in [0.25, 0.3) is 0 Å². The smallest absolute Gasteiger partial charge is 0.200 e. The number of halogens is 1. The maximum absolute atomic E-state index is 14.2. The zero-order valence-electron chi connectivity index (χ0n) is 13.8. The van der Waals surface area contributed by atoms with E-state index in [1.165, 1.54) is 12.1 Å². The molecule has 1 aromatic rings. The van der Waals surface area contributed by atoms with Crippen molar-refractivity contribution in [2.45, 2.75) is 6.61 Å². The maximum Gasteiger partial charge on any atom is 0.200 e. The highest BCUT2D eigenvalue weighted by atomic mass is 19.1. The number of ether oxygens (including phenoxy) is 6. The predicted molar refractivity (Wildman–Crippen MR) is 80.0 cm³/mol. The fourth-order valence-electron chi connectivity index (χ4n) is 1.63. The fourth-order valence-corrected chi connectivity index (χ4v) is 1.63. The quantitative estimate of drug-likeness (QED) is 0.285. The first kappa shape index (κ1) is 20.6. The number of nitrogens with zero attached hydrogens (tertiary/aromatic N) is 1. The van der Waals surface area contributed by atoms with Gasteiger partial charge in [-0.15, -0.1) is 0 Å². The Hall–Kier alpha value is -1.49. The summed E-state index contributed by atoms with van der Waals surface area (Å²) in [6, 6.07) is 2.64. The van der Waals surface area contributed by atoms with Crippen LogP contribution in [0.5, 0.6) is 11.5 Å². The third-order valence-electron chi connectivity index (χ3n) is 2.75. The predicted octanol–water partition coefficient (Wildman–Crippen LogP) is 1.32. The molecule has 0 saturated heterocycles. The van der Waals surface area contributed by atoms with Gasteiger partial charge in [-0.2, -0.15) is 0 Å². The Bertz CT molecular complexity index is 462. The second-order valence-electron chi connectivity index (χ2n) is 4.50. The van der Waals surface area contributed by atoms with E-state index >= 15 is 0 Å². The first-order valence-electron chi connectivity index (χ1n) is 7.20. The lowest BCUT2D eigenvalue weighted by Crippen LogP contribution is -2.12. The molecule has 0 fully saturated rings. The SMILES string of the molecule is COCCOCOc1cc(CO[N])cc(F)c1OCOCCOC. The number of methoxy groups -OCH3 is 2. The summed E-state index contributed by atoms with van der Waals surface area (Å²) in [7, 11) is 3.09. The van der Waals surface area contributed by atoms with Crippen LogP contribution in [0, 0.1) is 5.82 Å². The molecule has 0 N–H and O–H groups in total. The largest absolute Gasteiger partial charge is 0.464 e. The summed E-state index contributed by atoms with van der Waals surface area (Å²) >= 11 is 0. The highest BCUT2D eigenvalue weighted by Crippen LogP contribution is 2.32. The minimum atomic E-state index is -0.674.